The summed E-state index contributed by atoms with van der Waals surface area (Å²) in [6, 6.07) is 8.72. The number of carbonyl (C=O) groups is 1. The maximum atomic E-state index is 12.2. The van der Waals surface area contributed by atoms with Gasteiger partial charge in [-0.25, -0.2) is 13.2 Å². The molecule has 0 saturated carbocycles. The predicted octanol–water partition coefficient (Wildman–Crippen LogP) is 3.49. The molecule has 1 aromatic heterocycles. The molecular formula is C16H19N3O3S2. The number of hydrogen-bond acceptors (Lipinski definition) is 4. The van der Waals surface area contributed by atoms with E-state index in [9.17, 15) is 13.2 Å². The van der Waals surface area contributed by atoms with Gasteiger partial charge in [-0.1, -0.05) is 0 Å². The van der Waals surface area contributed by atoms with Crippen LogP contribution in [0.5, 0.6) is 0 Å². The molecule has 1 aromatic carbocycles. The van der Waals surface area contributed by atoms with Crippen LogP contribution in [0.25, 0.3) is 0 Å². The van der Waals surface area contributed by atoms with Crippen LogP contribution in [0.15, 0.2) is 35.7 Å². The fourth-order valence-electron chi connectivity index (χ4n) is 2.71. The molecule has 3 rings (SSSR count). The van der Waals surface area contributed by atoms with E-state index in [0.29, 0.717) is 17.9 Å². The van der Waals surface area contributed by atoms with E-state index in [4.69, 9.17) is 0 Å². The first-order valence-corrected chi connectivity index (χ1v) is 10.2. The first kappa shape index (κ1) is 16.8. The van der Waals surface area contributed by atoms with Crippen molar-refractivity contribution in [2.24, 2.45) is 0 Å². The van der Waals surface area contributed by atoms with E-state index in [1.165, 1.54) is 15.6 Å². The third-order valence-corrected chi connectivity index (χ3v) is 6.44. The number of benzene rings is 1. The number of nitrogens with one attached hydrogen (secondary N) is 2. The summed E-state index contributed by atoms with van der Waals surface area (Å²) in [5, 5.41) is 8.20. The maximum Gasteiger partial charge on any atom is 0.324 e. The van der Waals surface area contributed by atoms with E-state index in [2.05, 4.69) is 10.6 Å². The van der Waals surface area contributed by atoms with E-state index < -0.39 is 10.0 Å². The van der Waals surface area contributed by atoms with Gasteiger partial charge in [0.15, 0.2) is 0 Å². The number of hydrogen-bond donors (Lipinski definition) is 2. The molecular weight excluding hydrogens is 346 g/mol. The Balaban J connectivity index is 1.77. The highest BCUT2D eigenvalue weighted by atomic mass is 32.2. The number of anilines is 3. The van der Waals surface area contributed by atoms with Gasteiger partial charge in [0.2, 0.25) is 10.0 Å². The standard InChI is InChI=1S/C16H19N3O3S2/c1-2-24(21,22)19-9-3-5-12-11-13(7-8-14(12)19)17-16(20)18-15-6-4-10-23-15/h4,6-8,10-11H,2-3,5,9H2,1H3,(H2,17,18,20). The lowest BCUT2D eigenvalue weighted by molar-refractivity contribution is 0.262. The van der Waals surface area contributed by atoms with Crippen molar-refractivity contribution in [3.05, 3.63) is 41.3 Å². The smallest absolute Gasteiger partial charge is 0.308 e. The second-order valence-electron chi connectivity index (χ2n) is 5.48. The Labute approximate surface area is 145 Å². The Kier molecular flexibility index (Phi) is 4.77. The second-order valence-corrected chi connectivity index (χ2v) is 8.61. The minimum absolute atomic E-state index is 0.0790. The molecule has 0 fully saturated rings. The Hall–Kier alpha value is -2.06. The molecule has 2 heterocycles. The number of fused-ring (bicyclic) bond motifs is 1. The molecule has 0 radical (unpaired) electrons. The molecule has 8 heteroatoms. The van der Waals surface area contributed by atoms with E-state index in [0.717, 1.165) is 23.4 Å². The number of carbonyl (C=O) groups excluding carboxylic acids is 1. The van der Waals surface area contributed by atoms with Gasteiger partial charge in [-0.05, 0) is 61.0 Å². The highest BCUT2D eigenvalue weighted by molar-refractivity contribution is 7.92. The Morgan fingerprint density at radius 3 is 2.83 bits per heavy atom. The van der Waals surface area contributed by atoms with Crippen LogP contribution >= 0.6 is 11.3 Å². The summed E-state index contributed by atoms with van der Waals surface area (Å²) in [5.74, 6) is 0.0790. The molecule has 2 amide bonds. The molecule has 0 bridgehead atoms. The number of aryl methyl sites for hydroxylation is 1. The van der Waals surface area contributed by atoms with E-state index in [-0.39, 0.29) is 11.8 Å². The Morgan fingerprint density at radius 2 is 2.12 bits per heavy atom. The van der Waals surface area contributed by atoms with Gasteiger partial charge in [0.25, 0.3) is 0 Å². The molecule has 0 unspecified atom stereocenters. The molecule has 128 valence electrons. The summed E-state index contributed by atoms with van der Waals surface area (Å²) in [7, 11) is -3.27. The summed E-state index contributed by atoms with van der Waals surface area (Å²) >= 11 is 1.44. The van der Waals surface area contributed by atoms with E-state index in [1.807, 2.05) is 23.6 Å². The summed E-state index contributed by atoms with van der Waals surface area (Å²) in [5.41, 5.74) is 2.30. The van der Waals surface area contributed by atoms with E-state index in [1.54, 1.807) is 19.1 Å². The quantitative estimate of drug-likeness (QED) is 0.870. The van der Waals surface area contributed by atoms with Crippen molar-refractivity contribution in [2.45, 2.75) is 19.8 Å². The molecule has 0 spiro atoms. The average molecular weight is 365 g/mol. The zero-order valence-corrected chi connectivity index (χ0v) is 14.9. The van der Waals surface area contributed by atoms with Gasteiger partial charge in [0, 0.05) is 12.2 Å². The number of thiophene rings is 1. The van der Waals surface area contributed by atoms with Gasteiger partial charge in [-0.15, -0.1) is 11.3 Å². The van der Waals surface area contributed by atoms with Gasteiger partial charge in [-0.2, -0.15) is 0 Å². The first-order valence-electron chi connectivity index (χ1n) is 7.74. The molecule has 0 saturated heterocycles. The lowest BCUT2D eigenvalue weighted by Crippen LogP contribution is -2.36. The van der Waals surface area contributed by atoms with Gasteiger partial charge in [0.1, 0.15) is 0 Å². The average Bonchev–Trinajstić information content (AvgIpc) is 3.06. The van der Waals surface area contributed by atoms with Crippen molar-refractivity contribution in [3.8, 4) is 0 Å². The predicted molar refractivity (Wildman–Crippen MR) is 98.5 cm³/mol. The van der Waals surface area contributed by atoms with Crippen molar-refractivity contribution >= 4 is 43.8 Å². The van der Waals surface area contributed by atoms with Crippen molar-refractivity contribution in [2.75, 3.05) is 27.2 Å². The third kappa shape index (κ3) is 3.54. The first-order chi connectivity index (χ1) is 11.5. The topological polar surface area (TPSA) is 78.5 Å². The zero-order chi connectivity index (χ0) is 17.2. The number of rotatable bonds is 4. The molecule has 2 N–H and O–H groups in total. The highest BCUT2D eigenvalue weighted by Gasteiger charge is 2.26. The number of urea groups is 1. The van der Waals surface area contributed by atoms with Crippen molar-refractivity contribution in [1.29, 1.82) is 0 Å². The Bertz CT molecular complexity index is 832. The largest absolute Gasteiger partial charge is 0.324 e. The third-order valence-electron chi connectivity index (χ3n) is 3.87. The molecule has 1 aliphatic rings. The van der Waals surface area contributed by atoms with Crippen LogP contribution in [-0.2, 0) is 16.4 Å². The second kappa shape index (κ2) is 6.82. The minimum Gasteiger partial charge on any atom is -0.308 e. The van der Waals surface area contributed by atoms with Crippen molar-refractivity contribution in [1.82, 2.24) is 0 Å². The fourth-order valence-corrected chi connectivity index (χ4v) is 4.52. The van der Waals surface area contributed by atoms with Crippen molar-refractivity contribution < 1.29 is 13.2 Å². The summed E-state index contributed by atoms with van der Waals surface area (Å²) < 4.78 is 25.9. The highest BCUT2D eigenvalue weighted by Crippen LogP contribution is 2.31. The molecule has 24 heavy (non-hydrogen) atoms. The molecule has 0 atom stereocenters. The minimum atomic E-state index is -3.27. The molecule has 2 aromatic rings. The molecule has 6 nitrogen and oxygen atoms in total. The van der Waals surface area contributed by atoms with Gasteiger partial charge in [0.05, 0.1) is 16.4 Å². The summed E-state index contributed by atoms with van der Waals surface area (Å²) in [4.78, 5) is 12.0. The van der Waals surface area contributed by atoms with Gasteiger partial charge in [-0.3, -0.25) is 9.62 Å². The monoisotopic (exact) mass is 365 g/mol. The maximum absolute atomic E-state index is 12.2. The van der Waals surface area contributed by atoms with Crippen LogP contribution in [0.3, 0.4) is 0 Å². The molecule has 0 aliphatic carbocycles. The van der Waals surface area contributed by atoms with Gasteiger partial charge >= 0.3 is 6.03 Å². The van der Waals surface area contributed by atoms with Crippen LogP contribution < -0.4 is 14.9 Å². The van der Waals surface area contributed by atoms with Crippen molar-refractivity contribution in [3.63, 3.8) is 0 Å². The lowest BCUT2D eigenvalue weighted by atomic mass is 10.0. The van der Waals surface area contributed by atoms with Gasteiger partial charge < -0.3 is 5.32 Å². The SMILES string of the molecule is CCS(=O)(=O)N1CCCc2cc(NC(=O)Nc3cccs3)ccc21. The normalized spacial score (nSPS) is 14.1. The van der Waals surface area contributed by atoms with E-state index >= 15 is 0 Å². The van der Waals surface area contributed by atoms with Crippen LogP contribution in [-0.4, -0.2) is 26.7 Å². The summed E-state index contributed by atoms with van der Waals surface area (Å²) in [6.07, 6.45) is 1.57. The molecule has 1 aliphatic heterocycles. The van der Waals surface area contributed by atoms with Crippen LogP contribution in [0.4, 0.5) is 21.2 Å². The fraction of sp³-hybridized carbons (Fsp3) is 0.312. The Morgan fingerprint density at radius 1 is 1.29 bits per heavy atom. The summed E-state index contributed by atoms with van der Waals surface area (Å²) in [6.45, 7) is 2.16. The zero-order valence-electron chi connectivity index (χ0n) is 13.3. The van der Waals surface area contributed by atoms with Crippen LogP contribution in [0.2, 0.25) is 0 Å². The lowest BCUT2D eigenvalue weighted by Gasteiger charge is -2.30. The van der Waals surface area contributed by atoms with Crippen LogP contribution in [0.1, 0.15) is 18.9 Å². The number of sulfonamides is 1. The number of nitrogens with zero attached hydrogens (tertiary/aromatic N) is 1. The number of amides is 2. The van der Waals surface area contributed by atoms with Crippen LogP contribution in [0, 0.1) is 0 Å².